The minimum atomic E-state index is -1.13. The van der Waals surface area contributed by atoms with Crippen molar-refractivity contribution in [2.24, 2.45) is 0 Å². The van der Waals surface area contributed by atoms with E-state index in [0.717, 1.165) is 17.7 Å². The van der Waals surface area contributed by atoms with Gasteiger partial charge >= 0.3 is 5.97 Å². The molecule has 11 heteroatoms. The number of rotatable bonds is 9. The maximum atomic E-state index is 12.0. The molecule has 0 unspecified atom stereocenters. The second-order valence-electron chi connectivity index (χ2n) is 5.76. The van der Waals surface area contributed by atoms with Crippen molar-refractivity contribution in [1.82, 2.24) is 5.32 Å². The van der Waals surface area contributed by atoms with Crippen molar-refractivity contribution >= 4 is 29.0 Å². The number of nitrogens with one attached hydrogen (secondary N) is 1. The van der Waals surface area contributed by atoms with Gasteiger partial charge in [-0.2, -0.15) is 0 Å². The molecule has 0 fully saturated rings. The van der Waals surface area contributed by atoms with Crippen LogP contribution < -0.4 is 5.32 Å². The van der Waals surface area contributed by atoms with Crippen LogP contribution in [0.3, 0.4) is 0 Å². The summed E-state index contributed by atoms with van der Waals surface area (Å²) in [5.41, 5.74) is -0.581. The fourth-order valence-corrected chi connectivity index (χ4v) is 2.28. The number of carbonyl (C=O) groups is 3. The first-order valence-electron chi connectivity index (χ1n) is 8.20. The summed E-state index contributed by atoms with van der Waals surface area (Å²) in [4.78, 5) is 55.5. The van der Waals surface area contributed by atoms with E-state index in [9.17, 15) is 34.6 Å². The van der Waals surface area contributed by atoms with Gasteiger partial charge in [0.15, 0.2) is 0 Å². The number of nitrogens with zero attached hydrogens (tertiary/aromatic N) is 2. The Labute approximate surface area is 163 Å². The third-order valence-corrected chi connectivity index (χ3v) is 3.72. The molecule has 0 bridgehead atoms. The second-order valence-corrected chi connectivity index (χ2v) is 5.76. The van der Waals surface area contributed by atoms with Gasteiger partial charge < -0.3 is 10.1 Å². The summed E-state index contributed by atoms with van der Waals surface area (Å²) in [7, 11) is 0. The standard InChI is InChI=1S/C18H15N3O8/c22-16(8-13-6-7-14(20(25)26)9-15(13)21(27)28)18(24)19-10-17(23)29-11-12-4-2-1-3-5-12/h1-7,9H,8,10-11H2,(H,19,24). The van der Waals surface area contributed by atoms with Gasteiger partial charge in [0, 0.05) is 18.1 Å². The van der Waals surface area contributed by atoms with E-state index in [1.54, 1.807) is 30.3 Å². The Morgan fingerprint density at radius 1 is 0.966 bits per heavy atom. The number of ketones is 1. The van der Waals surface area contributed by atoms with E-state index < -0.39 is 51.8 Å². The lowest BCUT2D eigenvalue weighted by Gasteiger charge is -2.06. The summed E-state index contributed by atoms with van der Waals surface area (Å²) in [6, 6.07) is 11.6. The molecule has 0 saturated carbocycles. The lowest BCUT2D eigenvalue weighted by molar-refractivity contribution is -0.394. The fraction of sp³-hybridized carbons (Fsp3) is 0.167. The van der Waals surface area contributed by atoms with Crippen LogP contribution in [0.25, 0.3) is 0 Å². The molecule has 1 N–H and O–H groups in total. The number of nitro benzene ring substituents is 2. The number of ether oxygens (including phenoxy) is 1. The van der Waals surface area contributed by atoms with Crippen molar-refractivity contribution in [3.05, 3.63) is 79.9 Å². The van der Waals surface area contributed by atoms with E-state index in [-0.39, 0.29) is 12.2 Å². The number of esters is 1. The Kier molecular flexibility index (Phi) is 7.07. The average molecular weight is 401 g/mol. The number of amides is 1. The van der Waals surface area contributed by atoms with E-state index in [4.69, 9.17) is 4.74 Å². The zero-order chi connectivity index (χ0) is 21.4. The largest absolute Gasteiger partial charge is 0.460 e. The first-order chi connectivity index (χ1) is 13.8. The van der Waals surface area contributed by atoms with Crippen molar-refractivity contribution in [1.29, 1.82) is 0 Å². The third kappa shape index (κ3) is 6.20. The number of non-ortho nitro benzene ring substituents is 1. The van der Waals surface area contributed by atoms with Crippen LogP contribution in [0.5, 0.6) is 0 Å². The van der Waals surface area contributed by atoms with Gasteiger partial charge in [0.2, 0.25) is 5.78 Å². The average Bonchev–Trinajstić information content (AvgIpc) is 2.71. The van der Waals surface area contributed by atoms with Gasteiger partial charge in [-0.15, -0.1) is 0 Å². The molecule has 150 valence electrons. The third-order valence-electron chi connectivity index (χ3n) is 3.72. The van der Waals surface area contributed by atoms with Crippen molar-refractivity contribution in [3.63, 3.8) is 0 Å². The number of benzene rings is 2. The Morgan fingerprint density at radius 2 is 1.66 bits per heavy atom. The highest BCUT2D eigenvalue weighted by molar-refractivity contribution is 6.36. The topological polar surface area (TPSA) is 159 Å². The highest BCUT2D eigenvalue weighted by Crippen LogP contribution is 2.25. The SMILES string of the molecule is O=C(CNC(=O)C(=O)Cc1ccc([N+](=O)[O-])cc1[N+](=O)[O-])OCc1ccccc1. The normalized spacial score (nSPS) is 10.1. The summed E-state index contributed by atoms with van der Waals surface area (Å²) in [5, 5.41) is 23.9. The zero-order valence-electron chi connectivity index (χ0n) is 14.9. The Bertz CT molecular complexity index is 959. The molecular formula is C18H15N3O8. The predicted octanol–water partition coefficient (Wildman–Crippen LogP) is 1.47. The van der Waals surface area contributed by atoms with Crippen molar-refractivity contribution in [3.8, 4) is 0 Å². The molecule has 2 aromatic carbocycles. The molecule has 2 rings (SSSR count). The Hall–Kier alpha value is -4.15. The highest BCUT2D eigenvalue weighted by atomic mass is 16.6. The van der Waals surface area contributed by atoms with Gasteiger partial charge in [0.25, 0.3) is 17.3 Å². The number of carbonyl (C=O) groups excluding carboxylic acids is 3. The smallest absolute Gasteiger partial charge is 0.325 e. The van der Waals surface area contributed by atoms with E-state index >= 15 is 0 Å². The van der Waals surface area contributed by atoms with Crippen LogP contribution in [0.4, 0.5) is 11.4 Å². The molecule has 11 nitrogen and oxygen atoms in total. The Morgan fingerprint density at radius 3 is 2.28 bits per heavy atom. The first-order valence-corrected chi connectivity index (χ1v) is 8.20. The van der Waals surface area contributed by atoms with Gasteiger partial charge in [-0.05, 0) is 11.6 Å². The number of hydrogen-bond acceptors (Lipinski definition) is 8. The summed E-state index contributed by atoms with van der Waals surface area (Å²) in [6.07, 6.45) is -0.654. The summed E-state index contributed by atoms with van der Waals surface area (Å²) >= 11 is 0. The molecule has 0 aliphatic rings. The van der Waals surface area contributed by atoms with E-state index in [1.807, 2.05) is 0 Å². The minimum absolute atomic E-state index is 0.00151. The van der Waals surface area contributed by atoms with Crippen molar-refractivity contribution in [2.45, 2.75) is 13.0 Å². The lowest BCUT2D eigenvalue weighted by Crippen LogP contribution is -2.36. The summed E-state index contributed by atoms with van der Waals surface area (Å²) < 4.78 is 4.94. The molecular weight excluding hydrogens is 386 g/mol. The molecule has 0 heterocycles. The van der Waals surface area contributed by atoms with Crippen LogP contribution in [-0.2, 0) is 32.1 Å². The molecule has 0 radical (unpaired) electrons. The summed E-state index contributed by atoms with van der Waals surface area (Å²) in [5.74, 6) is -2.94. The van der Waals surface area contributed by atoms with Crippen LogP contribution in [0.15, 0.2) is 48.5 Å². The molecule has 29 heavy (non-hydrogen) atoms. The molecule has 0 aromatic heterocycles. The first kappa shape index (κ1) is 21.2. The molecule has 2 aromatic rings. The van der Waals surface area contributed by atoms with Gasteiger partial charge in [0.1, 0.15) is 13.2 Å². The summed E-state index contributed by atoms with van der Waals surface area (Å²) in [6.45, 7) is -0.557. The number of Topliss-reactive ketones (excluding diaryl/α,β-unsaturated/α-hetero) is 1. The second kappa shape index (κ2) is 9.69. The molecule has 0 aliphatic carbocycles. The van der Waals surface area contributed by atoms with Gasteiger partial charge in [-0.3, -0.25) is 34.6 Å². The van der Waals surface area contributed by atoms with E-state index in [2.05, 4.69) is 5.32 Å². The van der Waals surface area contributed by atoms with Crippen molar-refractivity contribution in [2.75, 3.05) is 6.54 Å². The predicted molar refractivity (Wildman–Crippen MR) is 97.7 cm³/mol. The molecule has 0 saturated heterocycles. The van der Waals surface area contributed by atoms with Crippen LogP contribution >= 0.6 is 0 Å². The molecule has 0 atom stereocenters. The van der Waals surface area contributed by atoms with E-state index in [0.29, 0.717) is 6.07 Å². The quantitative estimate of drug-likeness (QED) is 0.286. The van der Waals surface area contributed by atoms with Crippen LogP contribution in [0.2, 0.25) is 0 Å². The molecule has 0 spiro atoms. The van der Waals surface area contributed by atoms with Crippen LogP contribution in [-0.4, -0.2) is 34.1 Å². The minimum Gasteiger partial charge on any atom is -0.460 e. The van der Waals surface area contributed by atoms with Crippen molar-refractivity contribution < 1.29 is 29.0 Å². The lowest BCUT2D eigenvalue weighted by atomic mass is 10.1. The molecule has 0 aliphatic heterocycles. The number of hydrogen-bond donors (Lipinski definition) is 1. The maximum Gasteiger partial charge on any atom is 0.325 e. The van der Waals surface area contributed by atoms with Gasteiger partial charge in [-0.1, -0.05) is 30.3 Å². The fourth-order valence-electron chi connectivity index (χ4n) is 2.28. The van der Waals surface area contributed by atoms with Crippen LogP contribution in [0, 0.1) is 20.2 Å². The van der Waals surface area contributed by atoms with Gasteiger partial charge in [-0.25, -0.2) is 0 Å². The highest BCUT2D eigenvalue weighted by Gasteiger charge is 2.24. The zero-order valence-corrected chi connectivity index (χ0v) is 14.9. The molecule has 1 amide bonds. The number of nitro groups is 2. The monoisotopic (exact) mass is 401 g/mol. The van der Waals surface area contributed by atoms with Crippen LogP contribution in [0.1, 0.15) is 11.1 Å². The maximum absolute atomic E-state index is 12.0. The van der Waals surface area contributed by atoms with Gasteiger partial charge in [0.05, 0.1) is 15.9 Å². The Balaban J connectivity index is 1.90. The van der Waals surface area contributed by atoms with E-state index in [1.165, 1.54) is 0 Å².